The summed E-state index contributed by atoms with van der Waals surface area (Å²) in [5.41, 5.74) is 0. The van der Waals surface area contributed by atoms with E-state index in [4.69, 9.17) is 9.79 Å². The zero-order chi connectivity index (χ0) is 13.5. The smallest absolute Gasteiger partial charge is 0.388 e. The number of phosphoric acid groups is 1. The summed E-state index contributed by atoms with van der Waals surface area (Å²) in [4.78, 5) is 27.6. The molecule has 0 radical (unpaired) electrons. The van der Waals surface area contributed by atoms with Crippen molar-refractivity contribution < 1.29 is 42.4 Å². The van der Waals surface area contributed by atoms with Gasteiger partial charge in [0.25, 0.3) is 0 Å². The van der Waals surface area contributed by atoms with Gasteiger partial charge in [0.05, 0.1) is 0 Å². The van der Waals surface area contributed by atoms with Crippen LogP contribution in [-0.4, -0.2) is 47.1 Å². The van der Waals surface area contributed by atoms with Crippen LogP contribution in [-0.2, 0) is 27.5 Å². The van der Waals surface area contributed by atoms with Gasteiger partial charge in [-0.2, -0.15) is 0 Å². The van der Waals surface area contributed by atoms with Crippen molar-refractivity contribution in [2.45, 2.75) is 18.6 Å². The van der Waals surface area contributed by atoms with Gasteiger partial charge in [0.2, 0.25) is 0 Å². The van der Waals surface area contributed by atoms with Crippen LogP contribution in [0.15, 0.2) is 0 Å². The Hall–Kier alpha value is -0.240. The average Bonchev–Trinajstić information content (AvgIpc) is 2.25. The third kappa shape index (κ3) is 7.64. The van der Waals surface area contributed by atoms with Gasteiger partial charge in [0.15, 0.2) is 0 Å². The van der Waals surface area contributed by atoms with E-state index in [1.807, 2.05) is 0 Å². The van der Waals surface area contributed by atoms with Crippen molar-refractivity contribution in [3.8, 4) is 0 Å². The van der Waals surface area contributed by atoms with E-state index in [9.17, 15) is 19.0 Å². The number of hydrogen-bond acceptors (Lipinski definition) is 7. The number of aldehydes is 1. The number of carbonyl (C=O) groups is 1. The second-order valence-electron chi connectivity index (χ2n) is 2.80. The fourth-order valence-corrected chi connectivity index (χ4v) is 1.76. The molecule has 0 bridgehead atoms. The van der Waals surface area contributed by atoms with Crippen LogP contribution in [0.25, 0.3) is 0 Å². The lowest BCUT2D eigenvalue weighted by molar-refractivity contribution is -0.111. The highest BCUT2D eigenvalue weighted by Crippen LogP contribution is 2.44. The van der Waals surface area contributed by atoms with Gasteiger partial charge in [-0.15, -0.1) is 9.42 Å². The molecule has 0 saturated carbocycles. The SMILES string of the molecule is COP(=O)(O)OC(CC=O)C(O)CO[P+](=O)O. The molecule has 9 nitrogen and oxygen atoms in total. The van der Waals surface area contributed by atoms with E-state index in [1.54, 1.807) is 0 Å². The molecule has 4 atom stereocenters. The Morgan fingerprint density at radius 1 is 1.53 bits per heavy atom. The largest absolute Gasteiger partial charge is 0.694 e. The van der Waals surface area contributed by atoms with Crippen molar-refractivity contribution in [3.05, 3.63) is 0 Å². The number of aliphatic hydroxyl groups is 1. The van der Waals surface area contributed by atoms with E-state index in [1.165, 1.54) is 0 Å². The number of aliphatic hydroxyl groups excluding tert-OH is 1. The second kappa shape index (κ2) is 7.97. The fourth-order valence-electron chi connectivity index (χ4n) is 0.827. The third-order valence-electron chi connectivity index (χ3n) is 1.61. The first-order valence-corrected chi connectivity index (χ1v) is 6.92. The maximum absolute atomic E-state index is 11.0. The molecule has 0 heterocycles. The zero-order valence-corrected chi connectivity index (χ0v) is 10.6. The number of carbonyl (C=O) groups excluding carboxylic acids is 1. The summed E-state index contributed by atoms with van der Waals surface area (Å²) in [6.07, 6.45) is -2.96. The first-order valence-electron chi connectivity index (χ1n) is 4.30. The van der Waals surface area contributed by atoms with Crippen LogP contribution in [0.5, 0.6) is 0 Å². The highest BCUT2D eigenvalue weighted by Gasteiger charge is 2.31. The maximum atomic E-state index is 11.0. The summed E-state index contributed by atoms with van der Waals surface area (Å²) in [6.45, 7) is -0.631. The molecule has 0 aromatic carbocycles. The lowest BCUT2D eigenvalue weighted by Crippen LogP contribution is -2.32. The van der Waals surface area contributed by atoms with Crippen LogP contribution < -0.4 is 0 Å². The van der Waals surface area contributed by atoms with Crippen molar-refractivity contribution in [2.75, 3.05) is 13.7 Å². The molecule has 100 valence electrons. The molecule has 0 spiro atoms. The molecule has 0 aromatic rings. The van der Waals surface area contributed by atoms with Crippen molar-refractivity contribution in [2.24, 2.45) is 0 Å². The molecule has 3 N–H and O–H groups in total. The lowest BCUT2D eigenvalue weighted by Gasteiger charge is -2.21. The summed E-state index contributed by atoms with van der Waals surface area (Å²) in [5, 5.41) is 9.41. The molecule has 0 amide bonds. The summed E-state index contributed by atoms with van der Waals surface area (Å²) >= 11 is 0. The predicted octanol–water partition coefficient (Wildman–Crippen LogP) is -0.265. The van der Waals surface area contributed by atoms with Gasteiger partial charge >= 0.3 is 16.1 Å². The molecule has 0 aliphatic carbocycles. The minimum Gasteiger partial charge on any atom is -0.388 e. The Morgan fingerprint density at radius 2 is 2.12 bits per heavy atom. The summed E-state index contributed by atoms with van der Waals surface area (Å²) in [7, 11) is -6.38. The molecule has 0 saturated heterocycles. The van der Waals surface area contributed by atoms with Gasteiger partial charge in [-0.05, 0) is 0 Å². The Morgan fingerprint density at radius 3 is 2.53 bits per heavy atom. The second-order valence-corrected chi connectivity index (χ2v) is 5.05. The molecule has 0 aliphatic rings. The minimum atomic E-state index is -4.37. The molecule has 0 aliphatic heterocycles. The van der Waals surface area contributed by atoms with Crippen molar-refractivity contribution in [1.82, 2.24) is 0 Å². The van der Waals surface area contributed by atoms with Gasteiger partial charge in [-0.25, -0.2) is 4.57 Å². The van der Waals surface area contributed by atoms with Gasteiger partial charge in [-0.3, -0.25) is 9.05 Å². The van der Waals surface area contributed by atoms with Crippen molar-refractivity contribution in [3.63, 3.8) is 0 Å². The first-order chi connectivity index (χ1) is 7.82. The molecular weight excluding hydrogens is 278 g/mol. The van der Waals surface area contributed by atoms with E-state index in [0.717, 1.165) is 7.11 Å². The van der Waals surface area contributed by atoms with E-state index in [-0.39, 0.29) is 0 Å². The van der Waals surface area contributed by atoms with Crippen LogP contribution in [0.1, 0.15) is 6.42 Å². The quantitative estimate of drug-likeness (QED) is 0.387. The van der Waals surface area contributed by atoms with Crippen LogP contribution in [0.4, 0.5) is 0 Å². The van der Waals surface area contributed by atoms with Gasteiger partial charge in [0.1, 0.15) is 25.1 Å². The monoisotopic (exact) mass is 291 g/mol. The minimum absolute atomic E-state index is 0.350. The molecule has 11 heteroatoms. The lowest BCUT2D eigenvalue weighted by atomic mass is 10.2. The highest BCUT2D eigenvalue weighted by atomic mass is 31.2. The predicted molar refractivity (Wildman–Crippen MR) is 54.2 cm³/mol. The van der Waals surface area contributed by atoms with Crippen LogP contribution in [0.2, 0.25) is 0 Å². The van der Waals surface area contributed by atoms with E-state index >= 15 is 0 Å². The number of phosphoric ester groups is 1. The maximum Gasteiger partial charge on any atom is 0.694 e. The van der Waals surface area contributed by atoms with Gasteiger partial charge < -0.3 is 14.8 Å². The highest BCUT2D eigenvalue weighted by molar-refractivity contribution is 7.47. The zero-order valence-electron chi connectivity index (χ0n) is 8.83. The summed E-state index contributed by atoms with van der Waals surface area (Å²) in [5.74, 6) is 0. The summed E-state index contributed by atoms with van der Waals surface area (Å²) < 4.78 is 34.0. The van der Waals surface area contributed by atoms with Crippen LogP contribution in [0, 0.1) is 0 Å². The van der Waals surface area contributed by atoms with Crippen LogP contribution in [0.3, 0.4) is 0 Å². The van der Waals surface area contributed by atoms with E-state index < -0.39 is 41.3 Å². The molecular formula is C6H13O9P2+. The van der Waals surface area contributed by atoms with Gasteiger partial charge in [0, 0.05) is 18.1 Å². The first kappa shape index (κ1) is 16.8. The van der Waals surface area contributed by atoms with Crippen LogP contribution >= 0.6 is 16.1 Å². The Labute approximate surface area is 97.9 Å². The normalized spacial score (nSPS) is 19.2. The summed E-state index contributed by atoms with van der Waals surface area (Å²) in [6, 6.07) is 0. The molecule has 4 unspecified atom stereocenters. The molecule has 17 heavy (non-hydrogen) atoms. The number of rotatable bonds is 9. The Kier molecular flexibility index (Phi) is 7.85. The molecule has 0 fully saturated rings. The third-order valence-corrected chi connectivity index (χ3v) is 2.98. The molecule has 0 aromatic heterocycles. The fraction of sp³-hybridized carbons (Fsp3) is 0.833. The number of hydrogen-bond donors (Lipinski definition) is 3. The van der Waals surface area contributed by atoms with Crippen molar-refractivity contribution in [1.29, 1.82) is 0 Å². The Balaban J connectivity index is 4.44. The van der Waals surface area contributed by atoms with Gasteiger partial charge in [-0.1, -0.05) is 0 Å². The van der Waals surface area contributed by atoms with E-state index in [0.29, 0.717) is 6.29 Å². The standard InChI is InChI=1S/C6H12O9P2/c1-13-17(11,12)15-6(2-3-7)5(8)4-14-16(9)10/h3,5-6,8H,2,4H2,1H3,(H-,9,10,11,12)/p+1. The van der Waals surface area contributed by atoms with Crippen molar-refractivity contribution >= 4 is 22.4 Å². The average molecular weight is 291 g/mol. The molecule has 0 rings (SSSR count). The Bertz CT molecular complexity index is 306. The van der Waals surface area contributed by atoms with E-state index in [2.05, 4.69) is 13.6 Å². The topological polar surface area (TPSA) is 140 Å².